The molecule has 4 heteroatoms. The Morgan fingerprint density at radius 2 is 2.23 bits per heavy atom. The van der Waals surface area contributed by atoms with Crippen molar-refractivity contribution in [3.63, 3.8) is 0 Å². The third-order valence-corrected chi connectivity index (χ3v) is 2.26. The van der Waals surface area contributed by atoms with Crippen LogP contribution in [0.5, 0.6) is 0 Å². The van der Waals surface area contributed by atoms with Gasteiger partial charge in [-0.05, 0) is 18.1 Å². The van der Waals surface area contributed by atoms with Crippen LogP contribution in [0.15, 0.2) is 18.3 Å². The Hall–Kier alpha value is -1.09. The first-order valence-corrected chi connectivity index (χ1v) is 4.57. The van der Waals surface area contributed by atoms with Crippen LogP contribution < -0.4 is 0 Å². The van der Waals surface area contributed by atoms with Crippen molar-refractivity contribution in [1.82, 2.24) is 14.6 Å². The molecule has 0 aliphatic heterocycles. The smallest absolute Gasteiger partial charge is 0.155 e. The number of nitrogens with zero attached hydrogens (tertiary/aromatic N) is 3. The summed E-state index contributed by atoms with van der Waals surface area (Å²) in [6.07, 6.45) is 1.70. The van der Waals surface area contributed by atoms with Crippen molar-refractivity contribution in [2.45, 2.75) is 19.8 Å². The highest BCUT2D eigenvalue weighted by Crippen LogP contribution is 2.23. The summed E-state index contributed by atoms with van der Waals surface area (Å²) in [5.41, 5.74) is 1.71. The summed E-state index contributed by atoms with van der Waals surface area (Å²) in [5.74, 6) is 0.328. The number of rotatable bonds is 1. The van der Waals surface area contributed by atoms with E-state index in [1.54, 1.807) is 10.7 Å². The first-order chi connectivity index (χ1) is 6.20. The molecule has 13 heavy (non-hydrogen) atoms. The van der Waals surface area contributed by atoms with E-state index in [-0.39, 0.29) is 0 Å². The molecule has 0 saturated heterocycles. The van der Waals surface area contributed by atoms with Gasteiger partial charge in [0.2, 0.25) is 0 Å². The minimum atomic E-state index is 0.328. The average Bonchev–Trinajstić information content (AvgIpc) is 2.45. The lowest BCUT2D eigenvalue weighted by Crippen LogP contribution is -1.90. The molecule has 2 heterocycles. The van der Waals surface area contributed by atoms with Crippen molar-refractivity contribution in [2.24, 2.45) is 0 Å². The zero-order chi connectivity index (χ0) is 9.42. The predicted molar refractivity (Wildman–Crippen MR) is 52.1 cm³/mol. The van der Waals surface area contributed by atoms with Crippen LogP contribution in [0, 0.1) is 0 Å². The second-order valence-electron chi connectivity index (χ2n) is 3.24. The maximum absolute atomic E-state index is 6.09. The van der Waals surface area contributed by atoms with E-state index in [0.717, 1.165) is 11.3 Å². The lowest BCUT2D eigenvalue weighted by atomic mass is 10.2. The minimum absolute atomic E-state index is 0.328. The molecule has 0 amide bonds. The molecule has 0 aromatic carbocycles. The monoisotopic (exact) mass is 195 g/mol. The van der Waals surface area contributed by atoms with Crippen LogP contribution in [0.1, 0.15) is 25.5 Å². The molecule has 2 aromatic heterocycles. The quantitative estimate of drug-likeness (QED) is 0.700. The molecule has 0 saturated carbocycles. The maximum atomic E-state index is 6.09. The third kappa shape index (κ3) is 1.29. The van der Waals surface area contributed by atoms with E-state index in [1.165, 1.54) is 0 Å². The van der Waals surface area contributed by atoms with Crippen LogP contribution in [0.25, 0.3) is 5.65 Å². The zero-order valence-corrected chi connectivity index (χ0v) is 8.28. The van der Waals surface area contributed by atoms with Crippen molar-refractivity contribution in [3.05, 3.63) is 29.2 Å². The van der Waals surface area contributed by atoms with Crippen molar-refractivity contribution < 1.29 is 0 Å². The molecule has 3 nitrogen and oxygen atoms in total. The number of fused-ring (bicyclic) bond motifs is 1. The van der Waals surface area contributed by atoms with Gasteiger partial charge in [-0.3, -0.25) is 0 Å². The highest BCUT2D eigenvalue weighted by Gasteiger charge is 2.12. The molecule has 0 aliphatic rings. The number of halogens is 1. The topological polar surface area (TPSA) is 30.2 Å². The van der Waals surface area contributed by atoms with Gasteiger partial charge < -0.3 is 0 Å². The van der Waals surface area contributed by atoms with E-state index in [0.29, 0.717) is 11.1 Å². The van der Waals surface area contributed by atoms with Gasteiger partial charge in [0.05, 0.1) is 5.69 Å². The Morgan fingerprint density at radius 3 is 2.85 bits per heavy atom. The second-order valence-corrected chi connectivity index (χ2v) is 3.59. The molecule has 0 atom stereocenters. The standard InChI is InChI=1S/C9H10ClN3/c1-6(2)8-9(10)13-7(12-8)4-3-5-11-13/h3-6H,1-2H3. The number of imidazole rings is 1. The molecule has 2 rings (SSSR count). The van der Waals surface area contributed by atoms with Crippen LogP contribution in [0.3, 0.4) is 0 Å². The number of hydrogen-bond acceptors (Lipinski definition) is 2. The Morgan fingerprint density at radius 1 is 1.46 bits per heavy atom. The summed E-state index contributed by atoms with van der Waals surface area (Å²) in [7, 11) is 0. The Balaban J connectivity index is 2.74. The van der Waals surface area contributed by atoms with Gasteiger partial charge in [-0.1, -0.05) is 25.4 Å². The maximum Gasteiger partial charge on any atom is 0.155 e. The van der Waals surface area contributed by atoms with E-state index in [9.17, 15) is 0 Å². The van der Waals surface area contributed by atoms with E-state index in [2.05, 4.69) is 23.9 Å². The summed E-state index contributed by atoms with van der Waals surface area (Å²) in [4.78, 5) is 4.38. The molecule has 0 N–H and O–H groups in total. The SMILES string of the molecule is CC(C)c1nc2cccnn2c1Cl. The summed E-state index contributed by atoms with van der Waals surface area (Å²) in [6.45, 7) is 4.13. The molecular weight excluding hydrogens is 186 g/mol. The molecule has 68 valence electrons. The van der Waals surface area contributed by atoms with E-state index >= 15 is 0 Å². The molecule has 0 aliphatic carbocycles. The van der Waals surface area contributed by atoms with Gasteiger partial charge in [0, 0.05) is 6.20 Å². The van der Waals surface area contributed by atoms with Crippen molar-refractivity contribution in [1.29, 1.82) is 0 Å². The molecule has 2 aromatic rings. The second kappa shape index (κ2) is 3.00. The van der Waals surface area contributed by atoms with E-state index in [1.807, 2.05) is 12.1 Å². The summed E-state index contributed by atoms with van der Waals surface area (Å²) >= 11 is 6.09. The van der Waals surface area contributed by atoms with E-state index < -0.39 is 0 Å². The molecular formula is C9H10ClN3. The third-order valence-electron chi connectivity index (χ3n) is 1.91. The number of aromatic nitrogens is 3. The van der Waals surface area contributed by atoms with Crippen molar-refractivity contribution in [3.8, 4) is 0 Å². The van der Waals surface area contributed by atoms with Gasteiger partial charge in [-0.25, -0.2) is 9.50 Å². The zero-order valence-electron chi connectivity index (χ0n) is 7.53. The molecule has 0 bridgehead atoms. The normalized spacial score (nSPS) is 11.4. The molecule has 0 spiro atoms. The lowest BCUT2D eigenvalue weighted by Gasteiger charge is -1.98. The molecule has 0 radical (unpaired) electrons. The molecule has 0 unspecified atom stereocenters. The Bertz CT molecular complexity index is 433. The Labute approximate surface area is 81.4 Å². The summed E-state index contributed by atoms with van der Waals surface area (Å²) < 4.78 is 1.65. The highest BCUT2D eigenvalue weighted by molar-refractivity contribution is 6.30. The van der Waals surface area contributed by atoms with Crippen molar-refractivity contribution >= 4 is 17.2 Å². The van der Waals surface area contributed by atoms with Crippen LogP contribution in [-0.4, -0.2) is 14.6 Å². The first kappa shape index (κ1) is 8.51. The van der Waals surface area contributed by atoms with Crippen molar-refractivity contribution in [2.75, 3.05) is 0 Å². The van der Waals surface area contributed by atoms with Crippen LogP contribution in [0.2, 0.25) is 5.15 Å². The van der Waals surface area contributed by atoms with Gasteiger partial charge in [0.1, 0.15) is 0 Å². The van der Waals surface area contributed by atoms with Crippen LogP contribution in [-0.2, 0) is 0 Å². The predicted octanol–water partition coefficient (Wildman–Crippen LogP) is 2.51. The fourth-order valence-electron chi connectivity index (χ4n) is 1.25. The van der Waals surface area contributed by atoms with Crippen LogP contribution in [0.4, 0.5) is 0 Å². The lowest BCUT2D eigenvalue weighted by molar-refractivity contribution is 0.830. The van der Waals surface area contributed by atoms with Gasteiger partial charge in [-0.2, -0.15) is 5.10 Å². The summed E-state index contributed by atoms with van der Waals surface area (Å²) in [5, 5.41) is 4.72. The van der Waals surface area contributed by atoms with Gasteiger partial charge >= 0.3 is 0 Å². The van der Waals surface area contributed by atoms with Gasteiger partial charge in [0.15, 0.2) is 10.8 Å². The fraction of sp³-hybridized carbons (Fsp3) is 0.333. The number of hydrogen-bond donors (Lipinski definition) is 0. The van der Waals surface area contributed by atoms with E-state index in [4.69, 9.17) is 11.6 Å². The fourth-order valence-corrected chi connectivity index (χ4v) is 1.64. The Kier molecular flexibility index (Phi) is 1.96. The summed E-state index contributed by atoms with van der Waals surface area (Å²) in [6, 6.07) is 3.74. The minimum Gasteiger partial charge on any atom is -0.230 e. The largest absolute Gasteiger partial charge is 0.230 e. The van der Waals surface area contributed by atoms with Gasteiger partial charge in [0.25, 0.3) is 0 Å². The highest BCUT2D eigenvalue weighted by atomic mass is 35.5. The van der Waals surface area contributed by atoms with Gasteiger partial charge in [-0.15, -0.1) is 0 Å². The first-order valence-electron chi connectivity index (χ1n) is 4.19. The molecule has 0 fully saturated rings. The van der Waals surface area contributed by atoms with Crippen LogP contribution >= 0.6 is 11.6 Å². The average molecular weight is 196 g/mol.